The Morgan fingerprint density at radius 2 is 2.38 bits per heavy atom. The lowest BCUT2D eigenvalue weighted by atomic mass is 10.1. The Morgan fingerprint density at radius 1 is 1.62 bits per heavy atom. The van der Waals surface area contributed by atoms with Gasteiger partial charge in [0.1, 0.15) is 0 Å². The maximum atomic E-state index is 12.0. The minimum atomic E-state index is -3.55. The molecule has 1 aromatic heterocycles. The number of hydrogen-bond acceptors (Lipinski definition) is 4. The Hall–Kier alpha value is -1.41. The molecular formula is C8H12N4O3S. The zero-order chi connectivity index (χ0) is 11.8. The van der Waals surface area contributed by atoms with Gasteiger partial charge in [0.2, 0.25) is 5.91 Å². The van der Waals surface area contributed by atoms with Crippen LogP contribution in [0.2, 0.25) is 0 Å². The third kappa shape index (κ3) is 1.81. The molecule has 1 atom stereocenters. The lowest BCUT2D eigenvalue weighted by Crippen LogP contribution is -2.32. The number of nitrogens with two attached hydrogens (primary N) is 1. The third-order valence-electron chi connectivity index (χ3n) is 2.65. The number of primary amides is 1. The van der Waals surface area contributed by atoms with Gasteiger partial charge in [-0.25, -0.2) is 8.42 Å². The molecule has 0 aromatic carbocycles. The SMILES string of the molecule is NC(=O)C1CCN(S(=O)(=O)c2ccn[nH]2)C1. The molecule has 88 valence electrons. The van der Waals surface area contributed by atoms with Crippen LogP contribution in [0.25, 0.3) is 0 Å². The minimum Gasteiger partial charge on any atom is -0.369 e. The maximum Gasteiger partial charge on any atom is 0.259 e. The number of nitrogens with zero attached hydrogens (tertiary/aromatic N) is 2. The summed E-state index contributed by atoms with van der Waals surface area (Å²) in [7, 11) is -3.55. The highest BCUT2D eigenvalue weighted by Crippen LogP contribution is 2.22. The van der Waals surface area contributed by atoms with Crippen molar-refractivity contribution in [2.45, 2.75) is 11.4 Å². The van der Waals surface area contributed by atoms with Gasteiger partial charge in [-0.2, -0.15) is 9.40 Å². The monoisotopic (exact) mass is 244 g/mol. The van der Waals surface area contributed by atoms with Crippen LogP contribution in [-0.2, 0) is 14.8 Å². The fourth-order valence-corrected chi connectivity index (χ4v) is 3.11. The van der Waals surface area contributed by atoms with Gasteiger partial charge in [-0.3, -0.25) is 9.89 Å². The molecule has 1 aliphatic rings. The van der Waals surface area contributed by atoms with Gasteiger partial charge in [0.05, 0.1) is 12.1 Å². The Balaban J connectivity index is 2.19. The van der Waals surface area contributed by atoms with Gasteiger partial charge in [-0.05, 0) is 12.5 Å². The quantitative estimate of drug-likeness (QED) is 0.703. The van der Waals surface area contributed by atoms with Crippen molar-refractivity contribution in [3.8, 4) is 0 Å². The number of H-pyrrole nitrogens is 1. The van der Waals surface area contributed by atoms with E-state index < -0.39 is 21.8 Å². The average Bonchev–Trinajstić information content (AvgIpc) is 2.90. The van der Waals surface area contributed by atoms with Gasteiger partial charge >= 0.3 is 0 Å². The van der Waals surface area contributed by atoms with E-state index in [9.17, 15) is 13.2 Å². The topological polar surface area (TPSA) is 109 Å². The van der Waals surface area contributed by atoms with Crippen molar-refractivity contribution in [2.75, 3.05) is 13.1 Å². The molecule has 0 saturated carbocycles. The summed E-state index contributed by atoms with van der Waals surface area (Å²) < 4.78 is 25.2. The molecule has 0 radical (unpaired) electrons. The van der Waals surface area contributed by atoms with Crippen LogP contribution >= 0.6 is 0 Å². The Kier molecular flexibility index (Phi) is 2.68. The number of carbonyl (C=O) groups excluding carboxylic acids is 1. The molecular weight excluding hydrogens is 232 g/mol. The Morgan fingerprint density at radius 3 is 2.88 bits per heavy atom. The van der Waals surface area contributed by atoms with E-state index in [0.717, 1.165) is 0 Å². The number of sulfonamides is 1. The molecule has 16 heavy (non-hydrogen) atoms. The van der Waals surface area contributed by atoms with Crippen LogP contribution in [0.15, 0.2) is 17.3 Å². The minimum absolute atomic E-state index is 0.0395. The normalized spacial score (nSPS) is 22.4. The Labute approximate surface area is 92.7 Å². The van der Waals surface area contributed by atoms with Crippen LogP contribution in [0.4, 0.5) is 0 Å². The lowest BCUT2D eigenvalue weighted by Gasteiger charge is -2.14. The highest BCUT2D eigenvalue weighted by atomic mass is 32.2. The highest BCUT2D eigenvalue weighted by Gasteiger charge is 2.35. The number of carbonyl (C=O) groups is 1. The first kappa shape index (κ1) is 11.1. The predicted octanol–water partition coefficient (Wildman–Crippen LogP) is -1.09. The summed E-state index contributed by atoms with van der Waals surface area (Å²) in [5.41, 5.74) is 5.14. The molecule has 0 aliphatic carbocycles. The number of aromatic amines is 1. The summed E-state index contributed by atoms with van der Waals surface area (Å²) in [6.45, 7) is 0.464. The first-order valence-corrected chi connectivity index (χ1v) is 6.24. The van der Waals surface area contributed by atoms with Crippen molar-refractivity contribution in [2.24, 2.45) is 11.7 Å². The van der Waals surface area contributed by atoms with E-state index >= 15 is 0 Å². The van der Waals surface area contributed by atoms with Crippen molar-refractivity contribution in [1.29, 1.82) is 0 Å². The molecule has 1 amide bonds. The summed E-state index contributed by atoms with van der Waals surface area (Å²) in [5.74, 6) is -0.847. The molecule has 1 fully saturated rings. The number of amides is 1. The molecule has 1 aromatic rings. The zero-order valence-corrected chi connectivity index (χ0v) is 9.27. The second kappa shape index (κ2) is 3.87. The summed E-state index contributed by atoms with van der Waals surface area (Å²) in [5, 5.41) is 6.03. The molecule has 1 aliphatic heterocycles. The molecule has 0 bridgehead atoms. The average molecular weight is 244 g/mol. The Bertz CT molecular complexity index is 481. The van der Waals surface area contributed by atoms with Crippen LogP contribution in [0.3, 0.4) is 0 Å². The first-order chi connectivity index (χ1) is 7.51. The molecule has 0 spiro atoms. The zero-order valence-electron chi connectivity index (χ0n) is 8.46. The van der Waals surface area contributed by atoms with E-state index in [-0.39, 0.29) is 11.6 Å². The van der Waals surface area contributed by atoms with Gasteiger partial charge in [-0.1, -0.05) is 0 Å². The first-order valence-electron chi connectivity index (χ1n) is 4.80. The molecule has 1 unspecified atom stereocenters. The fourth-order valence-electron chi connectivity index (χ4n) is 1.70. The van der Waals surface area contributed by atoms with Crippen molar-refractivity contribution in [1.82, 2.24) is 14.5 Å². The molecule has 2 rings (SSSR count). The maximum absolute atomic E-state index is 12.0. The number of rotatable bonds is 3. The van der Waals surface area contributed by atoms with Crippen molar-refractivity contribution >= 4 is 15.9 Å². The molecule has 3 N–H and O–H groups in total. The van der Waals surface area contributed by atoms with Gasteiger partial charge in [0.15, 0.2) is 5.03 Å². The van der Waals surface area contributed by atoms with E-state index in [1.807, 2.05) is 0 Å². The summed E-state index contributed by atoms with van der Waals surface area (Å²) in [6, 6.07) is 1.38. The van der Waals surface area contributed by atoms with Gasteiger partial charge < -0.3 is 5.73 Å². The second-order valence-electron chi connectivity index (χ2n) is 3.67. The second-order valence-corrected chi connectivity index (χ2v) is 5.58. The fraction of sp³-hybridized carbons (Fsp3) is 0.500. The molecule has 1 saturated heterocycles. The number of aromatic nitrogens is 2. The van der Waals surface area contributed by atoms with Crippen molar-refractivity contribution in [3.05, 3.63) is 12.3 Å². The van der Waals surface area contributed by atoms with E-state index in [2.05, 4.69) is 10.2 Å². The van der Waals surface area contributed by atoms with Gasteiger partial charge in [-0.15, -0.1) is 0 Å². The van der Waals surface area contributed by atoms with E-state index in [4.69, 9.17) is 5.73 Å². The number of hydrogen-bond donors (Lipinski definition) is 2. The lowest BCUT2D eigenvalue weighted by molar-refractivity contribution is -0.121. The van der Waals surface area contributed by atoms with Crippen molar-refractivity contribution in [3.63, 3.8) is 0 Å². The van der Waals surface area contributed by atoms with Gasteiger partial charge in [0.25, 0.3) is 10.0 Å². The van der Waals surface area contributed by atoms with Crippen LogP contribution < -0.4 is 5.73 Å². The van der Waals surface area contributed by atoms with E-state index in [0.29, 0.717) is 13.0 Å². The van der Waals surface area contributed by atoms with E-state index in [1.54, 1.807) is 0 Å². The third-order valence-corrected chi connectivity index (χ3v) is 4.44. The largest absolute Gasteiger partial charge is 0.369 e. The summed E-state index contributed by atoms with van der Waals surface area (Å²) in [4.78, 5) is 10.9. The van der Waals surface area contributed by atoms with Crippen LogP contribution in [-0.4, -0.2) is 41.9 Å². The van der Waals surface area contributed by atoms with E-state index in [1.165, 1.54) is 16.6 Å². The molecule has 2 heterocycles. The number of nitrogens with one attached hydrogen (secondary N) is 1. The van der Waals surface area contributed by atoms with Crippen LogP contribution in [0, 0.1) is 5.92 Å². The highest BCUT2D eigenvalue weighted by molar-refractivity contribution is 7.89. The smallest absolute Gasteiger partial charge is 0.259 e. The van der Waals surface area contributed by atoms with Crippen molar-refractivity contribution < 1.29 is 13.2 Å². The molecule has 7 nitrogen and oxygen atoms in total. The van der Waals surface area contributed by atoms with Crippen LogP contribution in [0.5, 0.6) is 0 Å². The predicted molar refractivity (Wildman–Crippen MR) is 54.6 cm³/mol. The standard InChI is InChI=1S/C8H12N4O3S/c9-8(13)6-2-4-12(5-6)16(14,15)7-1-3-10-11-7/h1,3,6H,2,4-5H2,(H2,9,13)(H,10,11). The summed E-state index contributed by atoms with van der Waals surface area (Å²) in [6.07, 6.45) is 1.84. The summed E-state index contributed by atoms with van der Waals surface area (Å²) >= 11 is 0. The van der Waals surface area contributed by atoms with Crippen LogP contribution in [0.1, 0.15) is 6.42 Å². The van der Waals surface area contributed by atoms with Gasteiger partial charge in [0, 0.05) is 13.1 Å². The molecule has 8 heteroatoms.